The molecule has 0 amide bonds. The van der Waals surface area contributed by atoms with Crippen molar-refractivity contribution in [3.05, 3.63) is 18.2 Å². The fourth-order valence-corrected chi connectivity index (χ4v) is 2.52. The highest BCUT2D eigenvalue weighted by atomic mass is 32.2. The zero-order chi connectivity index (χ0) is 10.9. The van der Waals surface area contributed by atoms with Crippen LogP contribution in [0.5, 0.6) is 0 Å². The molecule has 1 aliphatic carbocycles. The first-order chi connectivity index (χ1) is 7.21. The van der Waals surface area contributed by atoms with Crippen molar-refractivity contribution in [1.29, 1.82) is 0 Å². The molecule has 0 aliphatic heterocycles. The molecule has 15 heavy (non-hydrogen) atoms. The van der Waals surface area contributed by atoms with E-state index in [0.717, 1.165) is 12.2 Å². The third-order valence-corrected chi connectivity index (χ3v) is 4.42. The van der Waals surface area contributed by atoms with Gasteiger partial charge in [-0.25, -0.2) is 4.98 Å². The van der Waals surface area contributed by atoms with E-state index in [1.165, 1.54) is 12.8 Å². The van der Waals surface area contributed by atoms with Crippen LogP contribution in [0.2, 0.25) is 0 Å². The second kappa shape index (κ2) is 4.15. The molecule has 1 aromatic heterocycles. The molecular weight excluding hydrogens is 210 g/mol. The number of nitrogens with zero attached hydrogens (tertiary/aromatic N) is 2. The number of aromatic nitrogens is 2. The number of aliphatic hydroxyl groups is 1. The summed E-state index contributed by atoms with van der Waals surface area (Å²) in [4.78, 5) is 4.10. The van der Waals surface area contributed by atoms with Crippen molar-refractivity contribution in [2.24, 2.45) is 5.73 Å². The number of rotatable bonds is 5. The van der Waals surface area contributed by atoms with Crippen LogP contribution >= 0.6 is 11.8 Å². The molecule has 3 N–H and O–H groups in total. The van der Waals surface area contributed by atoms with Crippen molar-refractivity contribution in [3.63, 3.8) is 0 Å². The molecule has 0 saturated heterocycles. The second-order valence-electron chi connectivity index (χ2n) is 4.12. The number of hydrogen-bond acceptors (Lipinski definition) is 4. The molecule has 0 aromatic carbocycles. The van der Waals surface area contributed by atoms with Crippen molar-refractivity contribution in [1.82, 2.24) is 9.55 Å². The average molecular weight is 227 g/mol. The lowest BCUT2D eigenvalue weighted by Gasteiger charge is -2.17. The van der Waals surface area contributed by atoms with E-state index >= 15 is 0 Å². The zero-order valence-corrected chi connectivity index (χ0v) is 9.70. The number of thioether (sulfide) groups is 1. The van der Waals surface area contributed by atoms with Gasteiger partial charge in [0.25, 0.3) is 0 Å². The summed E-state index contributed by atoms with van der Waals surface area (Å²) in [6.07, 6.45) is 8.23. The molecule has 5 heteroatoms. The lowest BCUT2D eigenvalue weighted by atomic mass is 10.2. The van der Waals surface area contributed by atoms with E-state index in [-0.39, 0.29) is 12.6 Å². The number of imidazole rings is 1. The lowest BCUT2D eigenvalue weighted by molar-refractivity contribution is 0.263. The Morgan fingerprint density at radius 1 is 1.73 bits per heavy atom. The number of hydrogen-bond donors (Lipinski definition) is 2. The molecule has 0 bridgehead atoms. The molecule has 0 spiro atoms. The predicted molar refractivity (Wildman–Crippen MR) is 61.7 cm³/mol. The van der Waals surface area contributed by atoms with E-state index in [1.54, 1.807) is 12.5 Å². The molecular formula is C10H17N3OS. The summed E-state index contributed by atoms with van der Waals surface area (Å²) in [5.41, 5.74) is 6.73. The molecule has 1 aromatic rings. The van der Waals surface area contributed by atoms with Crippen LogP contribution in [0.4, 0.5) is 0 Å². The molecule has 2 rings (SSSR count). The van der Waals surface area contributed by atoms with Gasteiger partial charge in [-0.05, 0) is 19.1 Å². The van der Waals surface area contributed by atoms with E-state index in [2.05, 4.69) is 15.8 Å². The van der Waals surface area contributed by atoms with E-state index < -0.39 is 0 Å². The van der Waals surface area contributed by atoms with Crippen LogP contribution in [0.3, 0.4) is 0 Å². The Labute approximate surface area is 93.9 Å². The Hall–Kier alpha value is -0.520. The molecule has 0 radical (unpaired) electrons. The lowest BCUT2D eigenvalue weighted by Crippen LogP contribution is -2.22. The normalized spacial score (nSPS) is 20.2. The van der Waals surface area contributed by atoms with Crippen LogP contribution < -0.4 is 5.73 Å². The maximum absolute atomic E-state index is 9.03. The van der Waals surface area contributed by atoms with E-state index in [0.29, 0.717) is 4.75 Å². The summed E-state index contributed by atoms with van der Waals surface area (Å²) < 4.78 is 2.47. The van der Waals surface area contributed by atoms with E-state index in [1.807, 2.05) is 11.8 Å². The summed E-state index contributed by atoms with van der Waals surface area (Å²) in [6, 6.07) is -0.315. The zero-order valence-electron chi connectivity index (χ0n) is 8.89. The van der Waals surface area contributed by atoms with Crippen LogP contribution in [0.1, 0.15) is 24.6 Å². The Kier molecular flexibility index (Phi) is 3.04. The first-order valence-corrected chi connectivity index (χ1v) is 6.35. The fourth-order valence-electron chi connectivity index (χ4n) is 1.74. The van der Waals surface area contributed by atoms with Crippen molar-refractivity contribution >= 4 is 11.8 Å². The van der Waals surface area contributed by atoms with Gasteiger partial charge >= 0.3 is 0 Å². The Bertz CT molecular complexity index is 335. The minimum Gasteiger partial charge on any atom is -0.394 e. The quantitative estimate of drug-likeness (QED) is 0.780. The van der Waals surface area contributed by atoms with E-state index in [9.17, 15) is 0 Å². The smallest absolute Gasteiger partial charge is 0.0949 e. The molecule has 1 aliphatic rings. The van der Waals surface area contributed by atoms with Gasteiger partial charge in [-0.1, -0.05) is 0 Å². The van der Waals surface area contributed by atoms with Crippen LogP contribution in [0.25, 0.3) is 0 Å². The monoisotopic (exact) mass is 227 g/mol. The van der Waals surface area contributed by atoms with Gasteiger partial charge in [-0.15, -0.1) is 0 Å². The summed E-state index contributed by atoms with van der Waals surface area (Å²) >= 11 is 1.91. The SMILES string of the molecule is CSC1(Cn2cncc2C(N)CO)CC1. The first kappa shape index (κ1) is 11.0. The highest BCUT2D eigenvalue weighted by molar-refractivity contribution is 8.00. The van der Waals surface area contributed by atoms with Gasteiger partial charge in [0, 0.05) is 17.5 Å². The van der Waals surface area contributed by atoms with Crippen molar-refractivity contribution < 1.29 is 5.11 Å². The van der Waals surface area contributed by atoms with Gasteiger partial charge in [0.15, 0.2) is 0 Å². The second-order valence-corrected chi connectivity index (χ2v) is 5.40. The highest BCUT2D eigenvalue weighted by Gasteiger charge is 2.42. The van der Waals surface area contributed by atoms with Gasteiger partial charge in [-0.3, -0.25) is 0 Å². The molecule has 84 valence electrons. The number of nitrogens with two attached hydrogens (primary N) is 1. The minimum atomic E-state index is -0.315. The minimum absolute atomic E-state index is 0.0298. The molecule has 1 fully saturated rings. The molecule has 1 atom stereocenters. The highest BCUT2D eigenvalue weighted by Crippen LogP contribution is 2.48. The van der Waals surface area contributed by atoms with Crippen molar-refractivity contribution in [2.45, 2.75) is 30.2 Å². The Morgan fingerprint density at radius 3 is 3.00 bits per heavy atom. The molecule has 1 unspecified atom stereocenters. The fraction of sp³-hybridized carbons (Fsp3) is 0.700. The standard InChI is InChI=1S/C10H17N3OS/c1-15-10(2-3-10)6-13-7-12-4-9(13)8(11)5-14/h4,7-8,14H,2-3,5-6,11H2,1H3. The molecule has 1 heterocycles. The third-order valence-electron chi connectivity index (χ3n) is 3.02. The third kappa shape index (κ3) is 2.19. The average Bonchev–Trinajstić information content (AvgIpc) is 2.88. The van der Waals surface area contributed by atoms with Crippen LogP contribution in [-0.4, -0.2) is 32.3 Å². The summed E-state index contributed by atoms with van der Waals surface area (Å²) in [6.45, 7) is 0.926. The van der Waals surface area contributed by atoms with Crippen molar-refractivity contribution in [2.75, 3.05) is 12.9 Å². The van der Waals surface area contributed by atoms with Crippen LogP contribution in [-0.2, 0) is 6.54 Å². The summed E-state index contributed by atoms with van der Waals surface area (Å²) in [5, 5.41) is 9.03. The molecule has 4 nitrogen and oxygen atoms in total. The Balaban J connectivity index is 2.11. The van der Waals surface area contributed by atoms with E-state index in [4.69, 9.17) is 10.8 Å². The predicted octanol–water partition coefficient (Wildman–Crippen LogP) is 0.771. The molecule has 1 saturated carbocycles. The van der Waals surface area contributed by atoms with Gasteiger partial charge in [-0.2, -0.15) is 11.8 Å². The van der Waals surface area contributed by atoms with Crippen LogP contribution in [0, 0.1) is 0 Å². The summed E-state index contributed by atoms with van der Waals surface area (Å²) in [5.74, 6) is 0. The van der Waals surface area contributed by atoms with Crippen LogP contribution in [0.15, 0.2) is 12.5 Å². The Morgan fingerprint density at radius 2 is 2.47 bits per heavy atom. The largest absolute Gasteiger partial charge is 0.394 e. The summed E-state index contributed by atoms with van der Waals surface area (Å²) in [7, 11) is 0. The number of aliphatic hydroxyl groups excluding tert-OH is 1. The maximum atomic E-state index is 9.03. The maximum Gasteiger partial charge on any atom is 0.0949 e. The van der Waals surface area contributed by atoms with Crippen molar-refractivity contribution in [3.8, 4) is 0 Å². The topological polar surface area (TPSA) is 64.1 Å². The van der Waals surface area contributed by atoms with Gasteiger partial charge < -0.3 is 15.4 Å². The van der Waals surface area contributed by atoms with Gasteiger partial charge in [0.2, 0.25) is 0 Å². The van der Waals surface area contributed by atoms with Gasteiger partial charge in [0.1, 0.15) is 0 Å². The first-order valence-electron chi connectivity index (χ1n) is 5.12. The van der Waals surface area contributed by atoms with Gasteiger partial charge in [0.05, 0.1) is 24.7 Å².